The summed E-state index contributed by atoms with van der Waals surface area (Å²) >= 11 is 11.6. The minimum atomic E-state index is 0.831. The number of thioether (sulfide) groups is 1. The highest BCUT2D eigenvalue weighted by Gasteiger charge is 2.04. The Bertz CT molecular complexity index is 560. The minimum absolute atomic E-state index is 0.831. The van der Waals surface area contributed by atoms with Gasteiger partial charge in [0.2, 0.25) is 0 Å². The SMILES string of the molecule is CNCc1ccc(SCc2ccccc2Cl)c(Br)c1. The van der Waals surface area contributed by atoms with E-state index in [0.717, 1.165) is 21.8 Å². The van der Waals surface area contributed by atoms with E-state index in [9.17, 15) is 0 Å². The fourth-order valence-corrected chi connectivity index (χ4v) is 3.72. The number of hydrogen-bond acceptors (Lipinski definition) is 2. The second-order valence-electron chi connectivity index (χ2n) is 4.18. The Morgan fingerprint density at radius 2 is 2.00 bits per heavy atom. The molecule has 0 heterocycles. The van der Waals surface area contributed by atoms with Crippen LogP contribution in [0.4, 0.5) is 0 Å². The fourth-order valence-electron chi connectivity index (χ4n) is 1.75. The molecule has 2 aromatic carbocycles. The van der Waals surface area contributed by atoms with Crippen LogP contribution in [0, 0.1) is 0 Å². The fraction of sp³-hybridized carbons (Fsp3) is 0.200. The predicted octanol–water partition coefficient (Wildman–Crippen LogP) is 5.11. The summed E-state index contributed by atoms with van der Waals surface area (Å²) in [5.41, 5.74) is 2.44. The largest absolute Gasteiger partial charge is 0.316 e. The van der Waals surface area contributed by atoms with Crippen molar-refractivity contribution in [1.29, 1.82) is 0 Å². The summed E-state index contributed by atoms with van der Waals surface area (Å²) in [6.07, 6.45) is 0. The lowest BCUT2D eigenvalue weighted by Gasteiger charge is -2.08. The third-order valence-electron chi connectivity index (χ3n) is 2.72. The molecule has 19 heavy (non-hydrogen) atoms. The molecule has 0 aromatic heterocycles. The van der Waals surface area contributed by atoms with E-state index in [1.54, 1.807) is 11.8 Å². The summed E-state index contributed by atoms with van der Waals surface area (Å²) < 4.78 is 1.14. The highest BCUT2D eigenvalue weighted by molar-refractivity contribution is 9.10. The van der Waals surface area contributed by atoms with Crippen molar-refractivity contribution < 1.29 is 0 Å². The third kappa shape index (κ3) is 4.25. The molecule has 0 spiro atoms. The molecular weight excluding hydrogens is 342 g/mol. The maximum absolute atomic E-state index is 6.16. The maximum Gasteiger partial charge on any atom is 0.0446 e. The Balaban J connectivity index is 2.06. The Kier molecular flexibility index (Phi) is 5.76. The van der Waals surface area contributed by atoms with Crippen molar-refractivity contribution in [3.05, 3.63) is 63.1 Å². The standard InChI is InChI=1S/C15H15BrClNS/c1-18-9-11-6-7-15(13(16)8-11)19-10-12-4-2-3-5-14(12)17/h2-8,18H,9-10H2,1H3. The van der Waals surface area contributed by atoms with Gasteiger partial charge < -0.3 is 5.32 Å². The highest BCUT2D eigenvalue weighted by atomic mass is 79.9. The molecule has 100 valence electrons. The van der Waals surface area contributed by atoms with Crippen molar-refractivity contribution in [3.8, 4) is 0 Å². The Hall–Kier alpha value is -0.480. The van der Waals surface area contributed by atoms with Gasteiger partial charge in [0, 0.05) is 26.7 Å². The van der Waals surface area contributed by atoms with Gasteiger partial charge in [-0.3, -0.25) is 0 Å². The van der Waals surface area contributed by atoms with E-state index < -0.39 is 0 Å². The van der Waals surface area contributed by atoms with Crippen molar-refractivity contribution >= 4 is 39.3 Å². The second kappa shape index (κ2) is 7.34. The van der Waals surface area contributed by atoms with E-state index in [0.29, 0.717) is 0 Å². The molecule has 1 N–H and O–H groups in total. The highest BCUT2D eigenvalue weighted by Crippen LogP contribution is 2.32. The van der Waals surface area contributed by atoms with Crippen molar-refractivity contribution in [2.75, 3.05) is 7.05 Å². The smallest absolute Gasteiger partial charge is 0.0446 e. The van der Waals surface area contributed by atoms with Crippen LogP contribution in [0.5, 0.6) is 0 Å². The summed E-state index contributed by atoms with van der Waals surface area (Å²) in [4.78, 5) is 1.24. The lowest BCUT2D eigenvalue weighted by atomic mass is 10.2. The molecule has 0 atom stereocenters. The monoisotopic (exact) mass is 355 g/mol. The zero-order valence-corrected chi connectivity index (χ0v) is 13.8. The van der Waals surface area contributed by atoms with Crippen LogP contribution in [-0.2, 0) is 12.3 Å². The predicted molar refractivity (Wildman–Crippen MR) is 87.9 cm³/mol. The Morgan fingerprint density at radius 3 is 2.68 bits per heavy atom. The lowest BCUT2D eigenvalue weighted by Crippen LogP contribution is -2.04. The van der Waals surface area contributed by atoms with Crippen LogP contribution in [0.1, 0.15) is 11.1 Å². The molecule has 4 heteroatoms. The molecule has 2 aromatic rings. The molecule has 0 saturated heterocycles. The number of benzene rings is 2. The van der Waals surface area contributed by atoms with E-state index >= 15 is 0 Å². The lowest BCUT2D eigenvalue weighted by molar-refractivity contribution is 0.816. The maximum atomic E-state index is 6.16. The van der Waals surface area contributed by atoms with E-state index in [1.165, 1.54) is 16.0 Å². The van der Waals surface area contributed by atoms with Crippen molar-refractivity contribution in [2.24, 2.45) is 0 Å². The normalized spacial score (nSPS) is 10.7. The molecule has 0 fully saturated rings. The van der Waals surface area contributed by atoms with Crippen LogP contribution in [-0.4, -0.2) is 7.05 Å². The van der Waals surface area contributed by atoms with E-state index in [-0.39, 0.29) is 0 Å². The molecule has 0 aliphatic rings. The van der Waals surface area contributed by atoms with Gasteiger partial charge in [0.25, 0.3) is 0 Å². The van der Waals surface area contributed by atoms with Gasteiger partial charge in [-0.15, -0.1) is 11.8 Å². The Morgan fingerprint density at radius 1 is 1.21 bits per heavy atom. The van der Waals surface area contributed by atoms with Crippen LogP contribution in [0.25, 0.3) is 0 Å². The van der Waals surface area contributed by atoms with Crippen LogP contribution < -0.4 is 5.32 Å². The van der Waals surface area contributed by atoms with Crippen LogP contribution in [0.15, 0.2) is 51.8 Å². The molecular formula is C15H15BrClNS. The first-order valence-electron chi connectivity index (χ1n) is 6.00. The summed E-state index contributed by atoms with van der Waals surface area (Å²) in [6, 6.07) is 14.4. The average molecular weight is 357 g/mol. The average Bonchev–Trinajstić information content (AvgIpc) is 2.40. The van der Waals surface area contributed by atoms with Gasteiger partial charge in [0.15, 0.2) is 0 Å². The molecule has 0 aliphatic carbocycles. The topological polar surface area (TPSA) is 12.0 Å². The molecule has 0 unspecified atom stereocenters. The van der Waals surface area contributed by atoms with Gasteiger partial charge in [-0.25, -0.2) is 0 Å². The number of hydrogen-bond donors (Lipinski definition) is 1. The number of rotatable bonds is 5. The van der Waals surface area contributed by atoms with E-state index in [2.05, 4.69) is 45.5 Å². The summed E-state index contributed by atoms with van der Waals surface area (Å²) in [5, 5.41) is 3.98. The second-order valence-corrected chi connectivity index (χ2v) is 6.45. The van der Waals surface area contributed by atoms with Crippen molar-refractivity contribution in [2.45, 2.75) is 17.2 Å². The van der Waals surface area contributed by atoms with Gasteiger partial charge in [-0.05, 0) is 52.3 Å². The molecule has 0 aliphatic heterocycles. The first-order chi connectivity index (χ1) is 9.20. The van der Waals surface area contributed by atoms with Gasteiger partial charge in [0.05, 0.1) is 0 Å². The molecule has 2 rings (SSSR count). The van der Waals surface area contributed by atoms with Gasteiger partial charge >= 0.3 is 0 Å². The first-order valence-corrected chi connectivity index (χ1v) is 8.15. The molecule has 0 amide bonds. The third-order valence-corrected chi connectivity index (χ3v) is 5.13. The van der Waals surface area contributed by atoms with Crippen LogP contribution >= 0.6 is 39.3 Å². The quantitative estimate of drug-likeness (QED) is 0.747. The Labute approximate surface area is 131 Å². The zero-order chi connectivity index (χ0) is 13.7. The molecule has 0 bridgehead atoms. The van der Waals surface area contributed by atoms with Gasteiger partial charge in [-0.2, -0.15) is 0 Å². The minimum Gasteiger partial charge on any atom is -0.316 e. The van der Waals surface area contributed by atoms with E-state index in [4.69, 9.17) is 11.6 Å². The molecule has 0 radical (unpaired) electrons. The van der Waals surface area contributed by atoms with Crippen LogP contribution in [0.2, 0.25) is 5.02 Å². The number of nitrogens with one attached hydrogen (secondary N) is 1. The summed E-state index contributed by atoms with van der Waals surface area (Å²) in [5.74, 6) is 0.879. The van der Waals surface area contributed by atoms with Crippen molar-refractivity contribution in [1.82, 2.24) is 5.32 Å². The number of halogens is 2. The van der Waals surface area contributed by atoms with Gasteiger partial charge in [-0.1, -0.05) is 35.9 Å². The van der Waals surface area contributed by atoms with E-state index in [1.807, 2.05) is 25.2 Å². The summed E-state index contributed by atoms with van der Waals surface area (Å²) in [6.45, 7) is 0.883. The van der Waals surface area contributed by atoms with Gasteiger partial charge in [0.1, 0.15) is 0 Å². The van der Waals surface area contributed by atoms with Crippen LogP contribution in [0.3, 0.4) is 0 Å². The summed E-state index contributed by atoms with van der Waals surface area (Å²) in [7, 11) is 1.95. The van der Waals surface area contributed by atoms with Crippen molar-refractivity contribution in [3.63, 3.8) is 0 Å². The zero-order valence-electron chi connectivity index (χ0n) is 10.6. The molecule has 1 nitrogen and oxygen atoms in total. The first kappa shape index (κ1) is 14.9. The molecule has 0 saturated carbocycles.